The molecule has 0 radical (unpaired) electrons. The number of nitrogens with two attached hydrogens (primary N) is 2. The van der Waals surface area contributed by atoms with Crippen molar-refractivity contribution in [2.75, 3.05) is 0 Å². The molecule has 0 bridgehead atoms. The van der Waals surface area contributed by atoms with Crippen molar-refractivity contribution >= 4 is 29.6 Å². The number of aliphatic carboxylic acids is 1. The molecule has 0 spiro atoms. The van der Waals surface area contributed by atoms with Gasteiger partial charge >= 0.3 is 5.97 Å². The van der Waals surface area contributed by atoms with E-state index in [4.69, 9.17) is 16.6 Å². The van der Waals surface area contributed by atoms with Crippen LogP contribution >= 0.6 is 0 Å². The Kier molecular flexibility index (Phi) is 10.8. The molecular weight excluding hydrogens is 386 g/mol. The number of nitrogens with one attached hydrogen (secondary N) is 3. The van der Waals surface area contributed by atoms with Crippen LogP contribution in [0.1, 0.15) is 40.5 Å². The van der Waals surface area contributed by atoms with Crippen molar-refractivity contribution in [3.63, 3.8) is 0 Å². The third-order valence-corrected chi connectivity index (χ3v) is 3.90. The van der Waals surface area contributed by atoms with Crippen molar-refractivity contribution in [2.45, 2.75) is 70.8 Å². The number of rotatable bonds is 12. The fourth-order valence-corrected chi connectivity index (χ4v) is 2.35. The van der Waals surface area contributed by atoms with Crippen LogP contribution in [0, 0.1) is 5.92 Å². The minimum absolute atomic E-state index is 0.166. The van der Waals surface area contributed by atoms with Crippen LogP contribution in [0.4, 0.5) is 0 Å². The van der Waals surface area contributed by atoms with Crippen molar-refractivity contribution in [3.8, 4) is 0 Å². The molecule has 12 heteroatoms. The first-order chi connectivity index (χ1) is 13.3. The second-order valence-electron chi connectivity index (χ2n) is 7.26. The molecule has 12 nitrogen and oxygen atoms in total. The van der Waals surface area contributed by atoms with Crippen LogP contribution in [0.25, 0.3) is 0 Å². The Morgan fingerprint density at radius 3 is 1.86 bits per heavy atom. The molecule has 29 heavy (non-hydrogen) atoms. The summed E-state index contributed by atoms with van der Waals surface area (Å²) in [5, 5.41) is 25.1. The summed E-state index contributed by atoms with van der Waals surface area (Å²) in [5.41, 5.74) is 10.8. The smallest absolute Gasteiger partial charge is 0.328 e. The summed E-state index contributed by atoms with van der Waals surface area (Å²) >= 11 is 0. The third-order valence-electron chi connectivity index (χ3n) is 3.90. The minimum Gasteiger partial charge on any atom is -0.480 e. The summed E-state index contributed by atoms with van der Waals surface area (Å²) in [7, 11) is 0. The predicted octanol–water partition coefficient (Wildman–Crippen LogP) is -2.83. The lowest BCUT2D eigenvalue weighted by atomic mass is 10.0. The summed E-state index contributed by atoms with van der Waals surface area (Å²) in [5.74, 6) is -4.65. The zero-order valence-corrected chi connectivity index (χ0v) is 17.0. The van der Waals surface area contributed by atoms with Gasteiger partial charge < -0.3 is 37.6 Å². The number of aliphatic hydroxyl groups is 1. The molecule has 0 aliphatic carbocycles. The van der Waals surface area contributed by atoms with Gasteiger partial charge in [-0.05, 0) is 26.2 Å². The number of carbonyl (C=O) groups is 5. The summed E-state index contributed by atoms with van der Waals surface area (Å²) in [6, 6.07) is -5.06. The number of aliphatic hydroxyl groups excluding tert-OH is 1. The van der Waals surface area contributed by atoms with Crippen LogP contribution in [0.2, 0.25) is 0 Å². The Labute approximate surface area is 168 Å². The molecule has 9 N–H and O–H groups in total. The highest BCUT2D eigenvalue weighted by Crippen LogP contribution is 2.03. The maximum Gasteiger partial charge on any atom is 0.328 e. The molecule has 0 heterocycles. The highest BCUT2D eigenvalue weighted by Gasteiger charge is 2.31. The Bertz CT molecular complexity index is 623. The lowest BCUT2D eigenvalue weighted by Crippen LogP contribution is -2.58. The van der Waals surface area contributed by atoms with E-state index in [-0.39, 0.29) is 5.92 Å². The van der Waals surface area contributed by atoms with E-state index >= 15 is 0 Å². The largest absolute Gasteiger partial charge is 0.480 e. The van der Waals surface area contributed by atoms with Crippen LogP contribution in [-0.4, -0.2) is 70.1 Å². The molecule has 0 saturated heterocycles. The van der Waals surface area contributed by atoms with Crippen LogP contribution in [0.3, 0.4) is 0 Å². The average Bonchev–Trinajstić information content (AvgIpc) is 2.56. The Morgan fingerprint density at radius 1 is 0.897 bits per heavy atom. The second kappa shape index (κ2) is 12.0. The first kappa shape index (κ1) is 26.3. The average molecular weight is 417 g/mol. The molecule has 4 amide bonds. The van der Waals surface area contributed by atoms with Gasteiger partial charge in [0, 0.05) is 0 Å². The number of primary amides is 1. The molecular formula is C17H31N5O7. The minimum atomic E-state index is -1.65. The Balaban J connectivity index is 5.10. The monoisotopic (exact) mass is 417 g/mol. The van der Waals surface area contributed by atoms with E-state index in [1.54, 1.807) is 0 Å². The maximum atomic E-state index is 12.3. The van der Waals surface area contributed by atoms with Gasteiger partial charge in [-0.3, -0.25) is 19.2 Å². The van der Waals surface area contributed by atoms with Crippen molar-refractivity contribution < 1.29 is 34.2 Å². The Morgan fingerprint density at radius 2 is 1.45 bits per heavy atom. The number of carboxylic acid groups (broad SMARTS) is 1. The van der Waals surface area contributed by atoms with Crippen LogP contribution in [0.5, 0.6) is 0 Å². The second-order valence-corrected chi connectivity index (χ2v) is 7.26. The maximum absolute atomic E-state index is 12.3. The van der Waals surface area contributed by atoms with Crippen LogP contribution in [-0.2, 0) is 24.0 Å². The van der Waals surface area contributed by atoms with Crippen molar-refractivity contribution in [2.24, 2.45) is 17.4 Å². The lowest BCUT2D eigenvalue weighted by molar-refractivity contribution is -0.145. The molecule has 0 aliphatic heterocycles. The molecule has 0 saturated carbocycles. The van der Waals surface area contributed by atoms with Gasteiger partial charge in [0.25, 0.3) is 0 Å². The van der Waals surface area contributed by atoms with E-state index in [2.05, 4.69) is 10.6 Å². The molecule has 0 aliphatic rings. The standard InChI is InChI=1S/C17H31N5O7/c1-7(2)5-10(18)15(26)20-8(3)14(25)21-11(6-12(19)24)16(27)22-13(9(4)23)17(28)29/h7-11,13,23H,5-6,18H2,1-4H3,(H2,19,24)(H,20,26)(H,21,25)(H,22,27)(H,28,29). The topological polar surface area (TPSA) is 214 Å². The zero-order chi connectivity index (χ0) is 22.9. The van der Waals surface area contributed by atoms with Gasteiger partial charge in [0.1, 0.15) is 12.1 Å². The number of hydrogen-bond donors (Lipinski definition) is 7. The number of hydrogen-bond acceptors (Lipinski definition) is 7. The molecule has 0 aromatic rings. The van der Waals surface area contributed by atoms with E-state index < -0.39 is 66.3 Å². The van der Waals surface area contributed by atoms with Gasteiger partial charge in [-0.15, -0.1) is 0 Å². The highest BCUT2D eigenvalue weighted by atomic mass is 16.4. The van der Waals surface area contributed by atoms with E-state index in [1.807, 2.05) is 19.2 Å². The zero-order valence-electron chi connectivity index (χ0n) is 17.0. The third kappa shape index (κ3) is 9.85. The summed E-state index contributed by atoms with van der Waals surface area (Å²) < 4.78 is 0. The molecule has 0 rings (SSSR count). The molecule has 0 aromatic heterocycles. The fraction of sp³-hybridized carbons (Fsp3) is 0.706. The van der Waals surface area contributed by atoms with E-state index in [0.29, 0.717) is 6.42 Å². The molecule has 5 atom stereocenters. The predicted molar refractivity (Wildman–Crippen MR) is 102 cm³/mol. The van der Waals surface area contributed by atoms with Gasteiger partial charge in [-0.25, -0.2) is 4.79 Å². The highest BCUT2D eigenvalue weighted by molar-refractivity contribution is 5.96. The van der Waals surface area contributed by atoms with Crippen molar-refractivity contribution in [1.82, 2.24) is 16.0 Å². The summed E-state index contributed by atoms with van der Waals surface area (Å²) in [6.07, 6.45) is -1.64. The fourth-order valence-electron chi connectivity index (χ4n) is 2.35. The summed E-state index contributed by atoms with van der Waals surface area (Å²) in [4.78, 5) is 59.0. The van der Waals surface area contributed by atoms with E-state index in [0.717, 1.165) is 6.92 Å². The number of amides is 4. The molecule has 0 fully saturated rings. The molecule has 0 aromatic carbocycles. The number of carbonyl (C=O) groups excluding carboxylic acids is 4. The Hall–Kier alpha value is -2.73. The van der Waals surface area contributed by atoms with Gasteiger partial charge in [-0.2, -0.15) is 0 Å². The quantitative estimate of drug-likeness (QED) is 0.175. The first-order valence-corrected chi connectivity index (χ1v) is 9.12. The van der Waals surface area contributed by atoms with Crippen LogP contribution < -0.4 is 27.4 Å². The first-order valence-electron chi connectivity index (χ1n) is 9.12. The van der Waals surface area contributed by atoms with Gasteiger partial charge in [-0.1, -0.05) is 13.8 Å². The van der Waals surface area contributed by atoms with Gasteiger partial charge in [0.05, 0.1) is 18.6 Å². The normalized spacial score (nSPS) is 16.1. The van der Waals surface area contributed by atoms with E-state index in [1.165, 1.54) is 6.92 Å². The van der Waals surface area contributed by atoms with Gasteiger partial charge in [0.15, 0.2) is 6.04 Å². The molecule has 166 valence electrons. The SMILES string of the molecule is CC(C)CC(N)C(=O)NC(C)C(=O)NC(CC(N)=O)C(=O)NC(C(=O)O)C(C)O. The van der Waals surface area contributed by atoms with Crippen LogP contribution in [0.15, 0.2) is 0 Å². The van der Waals surface area contributed by atoms with E-state index in [9.17, 15) is 29.1 Å². The van der Waals surface area contributed by atoms with Crippen molar-refractivity contribution in [1.29, 1.82) is 0 Å². The lowest BCUT2D eigenvalue weighted by Gasteiger charge is -2.24. The number of carboxylic acids is 1. The van der Waals surface area contributed by atoms with Crippen molar-refractivity contribution in [3.05, 3.63) is 0 Å². The molecule has 5 unspecified atom stereocenters. The summed E-state index contributed by atoms with van der Waals surface area (Å²) in [6.45, 7) is 6.27. The van der Waals surface area contributed by atoms with Gasteiger partial charge in [0.2, 0.25) is 23.6 Å².